The van der Waals surface area contributed by atoms with Crippen LogP contribution in [-0.4, -0.2) is 4.98 Å². The molecule has 0 bridgehead atoms. The van der Waals surface area contributed by atoms with Crippen molar-refractivity contribution in [2.45, 2.75) is 6.54 Å². The van der Waals surface area contributed by atoms with E-state index in [9.17, 15) is 0 Å². The van der Waals surface area contributed by atoms with Crippen molar-refractivity contribution in [3.63, 3.8) is 0 Å². The summed E-state index contributed by atoms with van der Waals surface area (Å²) in [6, 6.07) is 9.01. The highest BCUT2D eigenvalue weighted by molar-refractivity contribution is 6.36. The van der Waals surface area contributed by atoms with E-state index in [1.165, 1.54) is 0 Å². The molecule has 0 fully saturated rings. The van der Waals surface area contributed by atoms with Crippen molar-refractivity contribution >= 4 is 40.5 Å². The third-order valence-electron chi connectivity index (χ3n) is 2.26. The summed E-state index contributed by atoms with van der Waals surface area (Å²) in [7, 11) is 0. The molecule has 0 spiro atoms. The summed E-state index contributed by atoms with van der Waals surface area (Å²) >= 11 is 17.9. The zero-order chi connectivity index (χ0) is 12.3. The van der Waals surface area contributed by atoms with Crippen molar-refractivity contribution in [1.82, 2.24) is 4.98 Å². The molecule has 0 saturated heterocycles. The summed E-state index contributed by atoms with van der Waals surface area (Å²) in [6.07, 6.45) is 1.64. The number of benzene rings is 1. The lowest BCUT2D eigenvalue weighted by Gasteiger charge is -2.09. The maximum atomic E-state index is 6.06. The van der Waals surface area contributed by atoms with E-state index >= 15 is 0 Å². The lowest BCUT2D eigenvalue weighted by atomic mass is 10.2. The van der Waals surface area contributed by atoms with Crippen molar-refractivity contribution in [2.75, 3.05) is 5.32 Å². The van der Waals surface area contributed by atoms with E-state index in [4.69, 9.17) is 34.8 Å². The number of hydrogen-bond donors (Lipinski definition) is 1. The van der Waals surface area contributed by atoms with Crippen LogP contribution in [0.2, 0.25) is 15.2 Å². The summed E-state index contributed by atoms with van der Waals surface area (Å²) in [6.45, 7) is 0.541. The van der Waals surface area contributed by atoms with Gasteiger partial charge in [-0.3, -0.25) is 0 Å². The molecule has 1 aromatic heterocycles. The molecule has 5 heteroatoms. The molecule has 0 atom stereocenters. The summed E-state index contributed by atoms with van der Waals surface area (Å²) < 4.78 is 0. The van der Waals surface area contributed by atoms with Crippen LogP contribution in [0.25, 0.3) is 0 Å². The fraction of sp³-hybridized carbons (Fsp3) is 0.0833. The second-order valence-electron chi connectivity index (χ2n) is 3.42. The smallest absolute Gasteiger partial charge is 0.131 e. The van der Waals surface area contributed by atoms with Gasteiger partial charge in [0.25, 0.3) is 0 Å². The molecule has 2 nitrogen and oxygen atoms in total. The van der Waals surface area contributed by atoms with Crippen molar-refractivity contribution in [3.05, 3.63) is 57.3 Å². The van der Waals surface area contributed by atoms with E-state index in [0.717, 1.165) is 11.3 Å². The van der Waals surface area contributed by atoms with Gasteiger partial charge >= 0.3 is 0 Å². The van der Waals surface area contributed by atoms with Crippen LogP contribution in [0.15, 0.2) is 36.5 Å². The molecule has 1 aromatic carbocycles. The molecule has 0 aliphatic rings. The summed E-state index contributed by atoms with van der Waals surface area (Å²) in [5, 5.41) is 4.92. The molecule has 88 valence electrons. The zero-order valence-corrected chi connectivity index (χ0v) is 11.0. The Kier molecular flexibility index (Phi) is 4.11. The van der Waals surface area contributed by atoms with E-state index in [2.05, 4.69) is 10.3 Å². The number of nitrogens with zero attached hydrogens (tertiary/aromatic N) is 1. The SMILES string of the molecule is Clc1cc(NCc2c(Cl)cccc2Cl)ccn1. The molecule has 0 unspecified atom stereocenters. The van der Waals surface area contributed by atoms with Gasteiger partial charge in [-0.25, -0.2) is 4.98 Å². The maximum absolute atomic E-state index is 6.06. The van der Waals surface area contributed by atoms with E-state index in [-0.39, 0.29) is 0 Å². The van der Waals surface area contributed by atoms with Crippen molar-refractivity contribution in [2.24, 2.45) is 0 Å². The zero-order valence-electron chi connectivity index (χ0n) is 8.75. The minimum Gasteiger partial charge on any atom is -0.381 e. The Bertz CT molecular complexity index is 509. The van der Waals surface area contributed by atoms with E-state index in [1.54, 1.807) is 12.3 Å². The molecule has 0 aliphatic carbocycles. The third-order valence-corrected chi connectivity index (χ3v) is 3.17. The Balaban J connectivity index is 2.13. The topological polar surface area (TPSA) is 24.9 Å². The number of nitrogens with one attached hydrogen (secondary N) is 1. The minimum atomic E-state index is 0.445. The van der Waals surface area contributed by atoms with Crippen LogP contribution >= 0.6 is 34.8 Å². The Morgan fingerprint density at radius 1 is 1.06 bits per heavy atom. The first-order valence-electron chi connectivity index (χ1n) is 4.95. The molecule has 1 heterocycles. The Labute approximate surface area is 115 Å². The van der Waals surface area contributed by atoms with Gasteiger partial charge in [-0.05, 0) is 24.3 Å². The van der Waals surface area contributed by atoms with Gasteiger partial charge in [0.05, 0.1) is 0 Å². The maximum Gasteiger partial charge on any atom is 0.131 e. The molecule has 0 saturated carbocycles. The minimum absolute atomic E-state index is 0.445. The molecule has 0 amide bonds. The molecule has 2 rings (SSSR count). The third kappa shape index (κ3) is 3.25. The summed E-state index contributed by atoms with van der Waals surface area (Å²) in [5.41, 5.74) is 1.74. The molecule has 0 radical (unpaired) electrons. The van der Waals surface area contributed by atoms with Crippen molar-refractivity contribution < 1.29 is 0 Å². The largest absolute Gasteiger partial charge is 0.381 e. The predicted molar refractivity (Wildman–Crippen MR) is 73.0 cm³/mol. The highest BCUT2D eigenvalue weighted by Crippen LogP contribution is 2.25. The second-order valence-corrected chi connectivity index (χ2v) is 4.62. The van der Waals surface area contributed by atoms with Gasteiger partial charge in [0.15, 0.2) is 0 Å². The molecule has 0 aliphatic heterocycles. The van der Waals surface area contributed by atoms with Crippen LogP contribution in [0.5, 0.6) is 0 Å². The normalized spacial score (nSPS) is 10.3. The average Bonchev–Trinajstić information content (AvgIpc) is 2.28. The van der Waals surface area contributed by atoms with Gasteiger partial charge in [-0.1, -0.05) is 40.9 Å². The number of pyridine rings is 1. The predicted octanol–water partition coefficient (Wildman–Crippen LogP) is 4.65. The van der Waals surface area contributed by atoms with Crippen LogP contribution in [0, 0.1) is 0 Å². The van der Waals surface area contributed by atoms with E-state index in [1.807, 2.05) is 24.3 Å². The number of anilines is 1. The average molecular weight is 288 g/mol. The Morgan fingerprint density at radius 2 is 1.76 bits per heavy atom. The molecular weight excluding hydrogens is 279 g/mol. The summed E-state index contributed by atoms with van der Waals surface area (Å²) in [5.74, 6) is 0. The lowest BCUT2D eigenvalue weighted by Crippen LogP contribution is -2.01. The first kappa shape index (κ1) is 12.5. The first-order valence-corrected chi connectivity index (χ1v) is 6.08. The molecule has 17 heavy (non-hydrogen) atoms. The van der Waals surface area contributed by atoms with Crippen molar-refractivity contribution in [3.8, 4) is 0 Å². The molecular formula is C12H9Cl3N2. The van der Waals surface area contributed by atoms with Crippen LogP contribution in [0.1, 0.15) is 5.56 Å². The Morgan fingerprint density at radius 3 is 2.41 bits per heavy atom. The number of hydrogen-bond acceptors (Lipinski definition) is 2. The first-order chi connectivity index (χ1) is 8.16. The fourth-order valence-electron chi connectivity index (χ4n) is 1.40. The summed E-state index contributed by atoms with van der Waals surface area (Å²) in [4.78, 5) is 3.90. The van der Waals surface area contributed by atoms with Gasteiger partial charge in [0.2, 0.25) is 0 Å². The Hall–Kier alpha value is -0.960. The van der Waals surface area contributed by atoms with Crippen LogP contribution in [0.3, 0.4) is 0 Å². The lowest BCUT2D eigenvalue weighted by molar-refractivity contribution is 1.14. The number of rotatable bonds is 3. The monoisotopic (exact) mass is 286 g/mol. The van der Waals surface area contributed by atoms with Gasteiger partial charge in [0.1, 0.15) is 5.15 Å². The second kappa shape index (κ2) is 5.58. The quantitative estimate of drug-likeness (QED) is 0.831. The number of halogens is 3. The van der Waals surface area contributed by atoms with Gasteiger partial charge in [-0.15, -0.1) is 0 Å². The van der Waals surface area contributed by atoms with Crippen LogP contribution in [-0.2, 0) is 6.54 Å². The fourth-order valence-corrected chi connectivity index (χ4v) is 2.11. The van der Waals surface area contributed by atoms with Gasteiger partial charge in [-0.2, -0.15) is 0 Å². The van der Waals surface area contributed by atoms with E-state index in [0.29, 0.717) is 21.7 Å². The molecule has 1 N–H and O–H groups in total. The van der Waals surface area contributed by atoms with Gasteiger partial charge < -0.3 is 5.32 Å². The van der Waals surface area contributed by atoms with Gasteiger partial charge in [0, 0.05) is 34.0 Å². The highest BCUT2D eigenvalue weighted by Gasteiger charge is 2.05. The van der Waals surface area contributed by atoms with E-state index < -0.39 is 0 Å². The molecule has 2 aromatic rings. The van der Waals surface area contributed by atoms with Crippen LogP contribution in [0.4, 0.5) is 5.69 Å². The van der Waals surface area contributed by atoms with Crippen molar-refractivity contribution in [1.29, 1.82) is 0 Å². The highest BCUT2D eigenvalue weighted by atomic mass is 35.5. The number of aromatic nitrogens is 1. The van der Waals surface area contributed by atoms with Crippen LogP contribution < -0.4 is 5.32 Å². The standard InChI is InChI=1S/C12H9Cl3N2/c13-10-2-1-3-11(14)9(10)7-17-8-4-5-16-12(15)6-8/h1-6H,7H2,(H,16,17).